The van der Waals surface area contributed by atoms with E-state index in [1.807, 2.05) is 6.92 Å². The number of hydrogen-bond donors (Lipinski definition) is 2. The van der Waals surface area contributed by atoms with E-state index in [0.29, 0.717) is 12.3 Å². The molecule has 0 aliphatic carbocycles. The van der Waals surface area contributed by atoms with Crippen LogP contribution in [-0.4, -0.2) is 24.1 Å². The predicted molar refractivity (Wildman–Crippen MR) is 75.0 cm³/mol. The third kappa shape index (κ3) is 6.35. The maximum absolute atomic E-state index is 12.1. The third-order valence-corrected chi connectivity index (χ3v) is 3.32. The normalized spacial score (nSPS) is 15.0. The van der Waals surface area contributed by atoms with Crippen molar-refractivity contribution in [3.63, 3.8) is 0 Å². The molecule has 2 atom stereocenters. The summed E-state index contributed by atoms with van der Waals surface area (Å²) in [6, 6.07) is 5.94. The average Bonchev–Trinajstić information content (AvgIpc) is 2.36. The Bertz CT molecular complexity index is 418. The van der Waals surface area contributed by atoms with Crippen molar-refractivity contribution in [1.82, 2.24) is 5.32 Å². The van der Waals surface area contributed by atoms with Gasteiger partial charge >= 0.3 is 6.36 Å². The standard InChI is InChI=1S/C15H22F3NO2/c1-10(2)14(8-9-20)19-11(3)12-4-6-13(7-5-12)21-15(16,17)18/h4-7,10-11,14,19-20H,8-9H2,1-3H3. The highest BCUT2D eigenvalue weighted by atomic mass is 19.4. The molecular formula is C15H22F3NO2. The first kappa shape index (κ1) is 17.8. The van der Waals surface area contributed by atoms with E-state index in [9.17, 15) is 13.2 Å². The summed E-state index contributed by atoms with van der Waals surface area (Å²) in [6.45, 7) is 6.15. The molecule has 120 valence electrons. The van der Waals surface area contributed by atoms with Crippen LogP contribution < -0.4 is 10.1 Å². The molecule has 0 fully saturated rings. The molecular weight excluding hydrogens is 283 g/mol. The van der Waals surface area contributed by atoms with Crippen LogP contribution in [0.25, 0.3) is 0 Å². The molecule has 0 amide bonds. The number of halogens is 3. The van der Waals surface area contributed by atoms with Crippen LogP contribution in [0.2, 0.25) is 0 Å². The van der Waals surface area contributed by atoms with Crippen molar-refractivity contribution < 1.29 is 23.0 Å². The van der Waals surface area contributed by atoms with Crippen molar-refractivity contribution >= 4 is 0 Å². The number of aliphatic hydroxyl groups is 1. The molecule has 6 heteroatoms. The second kappa shape index (κ2) is 7.66. The summed E-state index contributed by atoms with van der Waals surface area (Å²) in [5.74, 6) is 0.127. The molecule has 2 unspecified atom stereocenters. The van der Waals surface area contributed by atoms with Crippen molar-refractivity contribution in [3.05, 3.63) is 29.8 Å². The van der Waals surface area contributed by atoms with Gasteiger partial charge in [0, 0.05) is 18.7 Å². The molecule has 3 nitrogen and oxygen atoms in total. The van der Waals surface area contributed by atoms with Crippen LogP contribution in [-0.2, 0) is 0 Å². The minimum Gasteiger partial charge on any atom is -0.406 e. The average molecular weight is 305 g/mol. The van der Waals surface area contributed by atoms with E-state index in [4.69, 9.17) is 5.11 Å². The number of hydrogen-bond acceptors (Lipinski definition) is 3. The predicted octanol–water partition coefficient (Wildman–Crippen LogP) is 3.64. The second-order valence-electron chi connectivity index (χ2n) is 5.37. The van der Waals surface area contributed by atoms with Gasteiger partial charge in [-0.1, -0.05) is 26.0 Å². The van der Waals surface area contributed by atoms with Crippen molar-refractivity contribution in [3.8, 4) is 5.75 Å². The van der Waals surface area contributed by atoms with E-state index in [1.54, 1.807) is 12.1 Å². The molecule has 0 radical (unpaired) electrons. The maximum atomic E-state index is 12.1. The van der Waals surface area contributed by atoms with Gasteiger partial charge in [0.1, 0.15) is 5.75 Å². The molecule has 0 saturated carbocycles. The van der Waals surface area contributed by atoms with Gasteiger partial charge in [0.2, 0.25) is 0 Å². The van der Waals surface area contributed by atoms with Crippen molar-refractivity contribution in [2.75, 3.05) is 6.61 Å². The van der Waals surface area contributed by atoms with Crippen LogP contribution in [0.15, 0.2) is 24.3 Å². The summed E-state index contributed by atoms with van der Waals surface area (Å²) in [7, 11) is 0. The van der Waals surface area contributed by atoms with E-state index < -0.39 is 6.36 Å². The lowest BCUT2D eigenvalue weighted by atomic mass is 9.98. The van der Waals surface area contributed by atoms with Crippen LogP contribution in [0.4, 0.5) is 13.2 Å². The third-order valence-electron chi connectivity index (χ3n) is 3.32. The lowest BCUT2D eigenvalue weighted by Crippen LogP contribution is -2.36. The van der Waals surface area contributed by atoms with E-state index in [2.05, 4.69) is 23.9 Å². The van der Waals surface area contributed by atoms with Crippen LogP contribution in [0.1, 0.15) is 38.8 Å². The van der Waals surface area contributed by atoms with Gasteiger partial charge in [-0.3, -0.25) is 0 Å². The molecule has 2 N–H and O–H groups in total. The minimum atomic E-state index is -4.67. The van der Waals surface area contributed by atoms with Gasteiger partial charge in [-0.25, -0.2) is 0 Å². The van der Waals surface area contributed by atoms with Crippen LogP contribution in [0, 0.1) is 5.92 Å². The molecule has 0 aliphatic heterocycles. The molecule has 21 heavy (non-hydrogen) atoms. The molecule has 0 aliphatic rings. The molecule has 0 saturated heterocycles. The summed E-state index contributed by atoms with van der Waals surface area (Å²) >= 11 is 0. The summed E-state index contributed by atoms with van der Waals surface area (Å²) < 4.78 is 40.1. The van der Waals surface area contributed by atoms with Gasteiger partial charge in [0.25, 0.3) is 0 Å². The number of nitrogens with one attached hydrogen (secondary N) is 1. The Morgan fingerprint density at radius 1 is 1.14 bits per heavy atom. The highest BCUT2D eigenvalue weighted by Gasteiger charge is 2.31. The first-order chi connectivity index (χ1) is 9.73. The van der Waals surface area contributed by atoms with E-state index in [1.165, 1.54) is 12.1 Å². The van der Waals surface area contributed by atoms with Crippen LogP contribution in [0.3, 0.4) is 0 Å². The Labute approximate surface area is 123 Å². The van der Waals surface area contributed by atoms with Gasteiger partial charge < -0.3 is 15.2 Å². The van der Waals surface area contributed by atoms with E-state index >= 15 is 0 Å². The number of ether oxygens (including phenoxy) is 1. The number of alkyl halides is 3. The highest BCUT2D eigenvalue weighted by Crippen LogP contribution is 2.24. The molecule has 0 aromatic heterocycles. The van der Waals surface area contributed by atoms with Gasteiger partial charge in [0.15, 0.2) is 0 Å². The largest absolute Gasteiger partial charge is 0.573 e. The first-order valence-corrected chi connectivity index (χ1v) is 6.95. The number of aliphatic hydroxyl groups excluding tert-OH is 1. The van der Waals surface area contributed by atoms with Crippen molar-refractivity contribution in [2.45, 2.75) is 45.6 Å². The molecule has 1 aromatic rings. The zero-order valence-electron chi connectivity index (χ0n) is 12.4. The van der Waals surface area contributed by atoms with Gasteiger partial charge in [-0.05, 0) is 37.0 Å². The van der Waals surface area contributed by atoms with Crippen LogP contribution in [0.5, 0.6) is 5.75 Å². The van der Waals surface area contributed by atoms with Gasteiger partial charge in [-0.15, -0.1) is 13.2 Å². The SMILES string of the molecule is CC(NC(CCO)C(C)C)c1ccc(OC(F)(F)F)cc1. The van der Waals surface area contributed by atoms with Gasteiger partial charge in [-0.2, -0.15) is 0 Å². The van der Waals surface area contributed by atoms with Gasteiger partial charge in [0.05, 0.1) is 0 Å². The lowest BCUT2D eigenvalue weighted by molar-refractivity contribution is -0.274. The zero-order chi connectivity index (χ0) is 16.0. The second-order valence-corrected chi connectivity index (χ2v) is 5.37. The monoisotopic (exact) mass is 305 g/mol. The van der Waals surface area contributed by atoms with Crippen molar-refractivity contribution in [2.24, 2.45) is 5.92 Å². The molecule has 0 spiro atoms. The lowest BCUT2D eigenvalue weighted by Gasteiger charge is -2.26. The Morgan fingerprint density at radius 3 is 2.14 bits per heavy atom. The fourth-order valence-corrected chi connectivity index (χ4v) is 2.12. The maximum Gasteiger partial charge on any atom is 0.573 e. The smallest absolute Gasteiger partial charge is 0.406 e. The Balaban J connectivity index is 2.68. The molecule has 0 heterocycles. The fraction of sp³-hybridized carbons (Fsp3) is 0.600. The fourth-order valence-electron chi connectivity index (χ4n) is 2.12. The number of rotatable bonds is 7. The first-order valence-electron chi connectivity index (χ1n) is 6.95. The summed E-state index contributed by atoms with van der Waals surface area (Å²) in [5.41, 5.74) is 0.869. The van der Waals surface area contributed by atoms with Crippen molar-refractivity contribution in [1.29, 1.82) is 0 Å². The molecule has 1 rings (SSSR count). The molecule has 0 bridgehead atoms. The molecule has 1 aromatic carbocycles. The summed E-state index contributed by atoms with van der Waals surface area (Å²) in [6.07, 6.45) is -4.04. The van der Waals surface area contributed by atoms with Crippen LogP contribution >= 0.6 is 0 Å². The quantitative estimate of drug-likeness (QED) is 0.808. The summed E-state index contributed by atoms with van der Waals surface area (Å²) in [5, 5.41) is 12.4. The minimum absolute atomic E-state index is 0.0242. The number of benzene rings is 1. The van der Waals surface area contributed by atoms with E-state index in [-0.39, 0.29) is 24.4 Å². The summed E-state index contributed by atoms with van der Waals surface area (Å²) in [4.78, 5) is 0. The Kier molecular flexibility index (Phi) is 6.48. The topological polar surface area (TPSA) is 41.5 Å². The highest BCUT2D eigenvalue weighted by molar-refractivity contribution is 5.29. The Hall–Kier alpha value is -1.27. The Morgan fingerprint density at radius 2 is 1.71 bits per heavy atom. The zero-order valence-corrected chi connectivity index (χ0v) is 12.4. The van der Waals surface area contributed by atoms with E-state index in [0.717, 1.165) is 5.56 Å².